The second-order valence-electron chi connectivity index (χ2n) is 4.40. The number of benzene rings is 1. The summed E-state index contributed by atoms with van der Waals surface area (Å²) in [6, 6.07) is 9.98. The van der Waals surface area contributed by atoms with Crippen molar-refractivity contribution in [2.45, 2.75) is 10.3 Å². The molecule has 1 aliphatic rings. The van der Waals surface area contributed by atoms with E-state index in [1.54, 1.807) is 11.8 Å². The van der Waals surface area contributed by atoms with Crippen molar-refractivity contribution in [3.05, 3.63) is 30.3 Å². The maximum Gasteiger partial charge on any atom is 0.147 e. The third-order valence-corrected chi connectivity index (χ3v) is 4.08. The standard InChI is InChI=1S/C14H20N2O2S/c17-12-14(19-13-4-2-1-3-5-13)15-6-7-16-8-10-18-11-9-16/h1-5,12,14-15H,6-11H2. The Kier molecular flexibility index (Phi) is 6.36. The summed E-state index contributed by atoms with van der Waals surface area (Å²) in [6.07, 6.45) is 0.969. The molecule has 1 aromatic carbocycles. The van der Waals surface area contributed by atoms with Crippen LogP contribution in [0.3, 0.4) is 0 Å². The van der Waals surface area contributed by atoms with Crippen molar-refractivity contribution >= 4 is 18.0 Å². The summed E-state index contributed by atoms with van der Waals surface area (Å²) in [5.74, 6) is 0. The summed E-state index contributed by atoms with van der Waals surface area (Å²) in [5.41, 5.74) is 0. The van der Waals surface area contributed by atoms with Crippen molar-refractivity contribution < 1.29 is 9.53 Å². The zero-order valence-electron chi connectivity index (χ0n) is 11.0. The minimum atomic E-state index is -0.177. The van der Waals surface area contributed by atoms with E-state index in [-0.39, 0.29) is 5.37 Å². The molecule has 1 N–H and O–H groups in total. The molecule has 5 heteroatoms. The maximum atomic E-state index is 11.1. The molecule has 0 aromatic heterocycles. The molecule has 1 atom stereocenters. The lowest BCUT2D eigenvalue weighted by Crippen LogP contribution is -2.42. The third kappa shape index (κ3) is 5.32. The first kappa shape index (κ1) is 14.5. The average Bonchev–Trinajstić information content (AvgIpc) is 2.48. The monoisotopic (exact) mass is 280 g/mol. The van der Waals surface area contributed by atoms with Crippen LogP contribution in [0.15, 0.2) is 35.2 Å². The first-order chi connectivity index (χ1) is 9.38. The van der Waals surface area contributed by atoms with E-state index in [9.17, 15) is 4.79 Å². The molecule has 0 saturated carbocycles. The molecule has 0 aliphatic carbocycles. The zero-order chi connectivity index (χ0) is 13.3. The van der Waals surface area contributed by atoms with E-state index in [1.165, 1.54) is 0 Å². The fourth-order valence-corrected chi connectivity index (χ4v) is 2.82. The van der Waals surface area contributed by atoms with E-state index >= 15 is 0 Å². The van der Waals surface area contributed by atoms with Crippen LogP contribution in [0.4, 0.5) is 0 Å². The smallest absolute Gasteiger partial charge is 0.147 e. The van der Waals surface area contributed by atoms with Gasteiger partial charge in [-0.05, 0) is 12.1 Å². The van der Waals surface area contributed by atoms with Gasteiger partial charge in [0.2, 0.25) is 0 Å². The highest BCUT2D eigenvalue weighted by Gasteiger charge is 2.12. The van der Waals surface area contributed by atoms with Gasteiger partial charge in [0.25, 0.3) is 0 Å². The summed E-state index contributed by atoms with van der Waals surface area (Å²) in [4.78, 5) is 14.5. The van der Waals surface area contributed by atoms with Crippen molar-refractivity contribution in [3.8, 4) is 0 Å². The number of carbonyl (C=O) groups excluding carboxylic acids is 1. The van der Waals surface area contributed by atoms with Crippen LogP contribution in [0, 0.1) is 0 Å². The Hall–Kier alpha value is -0.880. The van der Waals surface area contributed by atoms with Crippen molar-refractivity contribution in [2.24, 2.45) is 0 Å². The molecule has 0 bridgehead atoms. The second kappa shape index (κ2) is 8.32. The molecule has 1 unspecified atom stereocenters. The predicted molar refractivity (Wildman–Crippen MR) is 77.4 cm³/mol. The molecule has 1 aliphatic heterocycles. The molecule has 1 aromatic rings. The van der Waals surface area contributed by atoms with Crippen LogP contribution >= 0.6 is 11.8 Å². The number of morpholine rings is 1. The Labute approximate surface area is 118 Å². The molecule has 0 amide bonds. The molecule has 19 heavy (non-hydrogen) atoms. The number of thioether (sulfide) groups is 1. The Bertz CT molecular complexity index is 369. The van der Waals surface area contributed by atoms with Crippen LogP contribution in [0.5, 0.6) is 0 Å². The van der Waals surface area contributed by atoms with Crippen LogP contribution in [-0.4, -0.2) is 56.0 Å². The van der Waals surface area contributed by atoms with Gasteiger partial charge in [-0.2, -0.15) is 0 Å². The lowest BCUT2D eigenvalue weighted by molar-refractivity contribution is -0.107. The number of hydrogen-bond donors (Lipinski definition) is 1. The molecule has 104 valence electrons. The topological polar surface area (TPSA) is 41.6 Å². The lowest BCUT2D eigenvalue weighted by atomic mass is 10.4. The first-order valence-electron chi connectivity index (χ1n) is 6.59. The van der Waals surface area contributed by atoms with Crippen molar-refractivity contribution in [2.75, 3.05) is 39.4 Å². The summed E-state index contributed by atoms with van der Waals surface area (Å²) in [5, 5.41) is 3.10. The van der Waals surface area contributed by atoms with Gasteiger partial charge in [0, 0.05) is 31.1 Å². The number of aldehydes is 1. The minimum absolute atomic E-state index is 0.177. The average molecular weight is 280 g/mol. The highest BCUT2D eigenvalue weighted by molar-refractivity contribution is 8.00. The summed E-state index contributed by atoms with van der Waals surface area (Å²) in [6.45, 7) is 5.39. The maximum absolute atomic E-state index is 11.1. The van der Waals surface area contributed by atoms with Crippen molar-refractivity contribution in [3.63, 3.8) is 0 Å². The van der Waals surface area contributed by atoms with Crippen LogP contribution < -0.4 is 5.32 Å². The Balaban J connectivity index is 1.69. The Morgan fingerprint density at radius 1 is 1.32 bits per heavy atom. The highest BCUT2D eigenvalue weighted by Crippen LogP contribution is 2.19. The van der Waals surface area contributed by atoms with Gasteiger partial charge in [-0.1, -0.05) is 30.0 Å². The summed E-state index contributed by atoms with van der Waals surface area (Å²) < 4.78 is 5.30. The molecule has 4 nitrogen and oxygen atoms in total. The fraction of sp³-hybridized carbons (Fsp3) is 0.500. The largest absolute Gasteiger partial charge is 0.379 e. The van der Waals surface area contributed by atoms with Gasteiger partial charge in [-0.15, -0.1) is 0 Å². The fourth-order valence-electron chi connectivity index (χ4n) is 1.95. The Morgan fingerprint density at radius 2 is 2.05 bits per heavy atom. The number of rotatable bonds is 7. The molecular formula is C14H20N2O2S. The molecule has 1 saturated heterocycles. The van der Waals surface area contributed by atoms with Gasteiger partial charge < -0.3 is 9.53 Å². The van der Waals surface area contributed by atoms with Crippen LogP contribution in [-0.2, 0) is 9.53 Å². The van der Waals surface area contributed by atoms with E-state index in [2.05, 4.69) is 10.2 Å². The summed E-state index contributed by atoms with van der Waals surface area (Å²) in [7, 11) is 0. The van der Waals surface area contributed by atoms with Crippen LogP contribution in [0.2, 0.25) is 0 Å². The van der Waals surface area contributed by atoms with E-state index < -0.39 is 0 Å². The molecular weight excluding hydrogens is 260 g/mol. The lowest BCUT2D eigenvalue weighted by Gasteiger charge is -2.27. The normalized spacial score (nSPS) is 18.1. The number of carbonyl (C=O) groups is 1. The van der Waals surface area contributed by atoms with Gasteiger partial charge in [0.05, 0.1) is 13.2 Å². The number of ether oxygens (including phenoxy) is 1. The van der Waals surface area contributed by atoms with E-state index in [4.69, 9.17) is 4.74 Å². The number of nitrogens with zero attached hydrogens (tertiary/aromatic N) is 1. The van der Waals surface area contributed by atoms with Crippen LogP contribution in [0.1, 0.15) is 0 Å². The van der Waals surface area contributed by atoms with Gasteiger partial charge >= 0.3 is 0 Å². The van der Waals surface area contributed by atoms with Crippen molar-refractivity contribution in [1.29, 1.82) is 0 Å². The molecule has 0 radical (unpaired) electrons. The van der Waals surface area contributed by atoms with Gasteiger partial charge in [0.15, 0.2) is 0 Å². The highest BCUT2D eigenvalue weighted by atomic mass is 32.2. The Morgan fingerprint density at radius 3 is 2.74 bits per heavy atom. The van der Waals surface area contributed by atoms with Gasteiger partial charge in [-0.3, -0.25) is 10.2 Å². The molecule has 2 rings (SSSR count). The van der Waals surface area contributed by atoms with Gasteiger partial charge in [-0.25, -0.2) is 0 Å². The SMILES string of the molecule is O=CC(NCCN1CCOCC1)Sc1ccccc1. The van der Waals surface area contributed by atoms with Crippen molar-refractivity contribution in [1.82, 2.24) is 10.2 Å². The second-order valence-corrected chi connectivity index (χ2v) is 5.61. The molecule has 0 spiro atoms. The van der Waals surface area contributed by atoms with Gasteiger partial charge in [0.1, 0.15) is 11.7 Å². The van der Waals surface area contributed by atoms with E-state index in [1.807, 2.05) is 30.3 Å². The quantitative estimate of drug-likeness (QED) is 0.462. The minimum Gasteiger partial charge on any atom is -0.379 e. The molecule has 1 heterocycles. The third-order valence-electron chi connectivity index (χ3n) is 3.01. The number of hydrogen-bond acceptors (Lipinski definition) is 5. The predicted octanol–water partition coefficient (Wildman–Crippen LogP) is 1.23. The molecule has 1 fully saturated rings. The first-order valence-corrected chi connectivity index (χ1v) is 7.47. The van der Waals surface area contributed by atoms with E-state index in [0.29, 0.717) is 0 Å². The van der Waals surface area contributed by atoms with Crippen LogP contribution in [0.25, 0.3) is 0 Å². The summed E-state index contributed by atoms with van der Waals surface area (Å²) >= 11 is 1.55. The number of nitrogens with one attached hydrogen (secondary N) is 1. The zero-order valence-corrected chi connectivity index (χ0v) is 11.8. The van der Waals surface area contributed by atoms with E-state index in [0.717, 1.165) is 50.6 Å².